The Kier molecular flexibility index (Phi) is 8.40. The van der Waals surface area contributed by atoms with Crippen LogP contribution in [0.3, 0.4) is 0 Å². The number of carboxylic acids is 1. The summed E-state index contributed by atoms with van der Waals surface area (Å²) in [7, 11) is 0. The molecule has 0 aliphatic heterocycles. The first-order valence-corrected chi connectivity index (χ1v) is 11.4. The number of carbonyl (C=O) groups is 1. The van der Waals surface area contributed by atoms with E-state index >= 15 is 0 Å². The van der Waals surface area contributed by atoms with E-state index in [4.69, 9.17) is 9.84 Å². The molecule has 6 heteroatoms. The van der Waals surface area contributed by atoms with E-state index in [1.165, 1.54) is 29.3 Å². The summed E-state index contributed by atoms with van der Waals surface area (Å²) >= 11 is 0. The minimum absolute atomic E-state index is 0.110. The molecule has 0 bridgehead atoms. The van der Waals surface area contributed by atoms with Gasteiger partial charge in [-0.25, -0.2) is 9.18 Å². The second kappa shape index (κ2) is 11.1. The van der Waals surface area contributed by atoms with Gasteiger partial charge >= 0.3 is 5.97 Å². The van der Waals surface area contributed by atoms with E-state index < -0.39 is 24.0 Å². The Labute approximate surface area is 195 Å². The van der Waals surface area contributed by atoms with Gasteiger partial charge in [-0.05, 0) is 86.4 Å². The minimum Gasteiger partial charge on any atom is -0.478 e. The summed E-state index contributed by atoms with van der Waals surface area (Å²) in [6.07, 6.45) is 4.39. The van der Waals surface area contributed by atoms with E-state index in [0.717, 1.165) is 25.3 Å². The SMILES string of the molecule is C[C@@H](OC[C@H](O)CNC(C)(C)CC1Cc2ccccc2C1)c1ccc(F)cc1C=CC(=O)O. The molecule has 178 valence electrons. The summed E-state index contributed by atoms with van der Waals surface area (Å²) < 4.78 is 19.4. The van der Waals surface area contributed by atoms with Crippen molar-refractivity contribution in [2.75, 3.05) is 13.2 Å². The molecule has 0 aromatic heterocycles. The van der Waals surface area contributed by atoms with Crippen LogP contribution in [0.2, 0.25) is 0 Å². The number of halogens is 1. The molecule has 3 rings (SSSR count). The van der Waals surface area contributed by atoms with Crippen molar-refractivity contribution < 1.29 is 24.1 Å². The summed E-state index contributed by atoms with van der Waals surface area (Å²) in [5.41, 5.74) is 3.87. The number of aliphatic hydroxyl groups excluding tert-OH is 1. The number of aliphatic hydroxyl groups is 1. The van der Waals surface area contributed by atoms with E-state index in [9.17, 15) is 14.3 Å². The molecular formula is C27H34FNO4. The fourth-order valence-electron chi connectivity index (χ4n) is 4.61. The molecular weight excluding hydrogens is 421 g/mol. The van der Waals surface area contributed by atoms with Crippen molar-refractivity contribution in [2.24, 2.45) is 5.92 Å². The van der Waals surface area contributed by atoms with Gasteiger partial charge in [0.05, 0.1) is 18.8 Å². The summed E-state index contributed by atoms with van der Waals surface area (Å²) in [5, 5.41) is 22.8. The Bertz CT molecular complexity index is 963. The monoisotopic (exact) mass is 455 g/mol. The number of hydrogen-bond acceptors (Lipinski definition) is 4. The number of nitrogens with one attached hydrogen (secondary N) is 1. The Morgan fingerprint density at radius 1 is 1.24 bits per heavy atom. The van der Waals surface area contributed by atoms with Crippen LogP contribution in [0.1, 0.15) is 55.5 Å². The molecule has 1 aliphatic carbocycles. The van der Waals surface area contributed by atoms with Gasteiger partial charge in [-0.15, -0.1) is 0 Å². The first-order chi connectivity index (χ1) is 15.6. The molecule has 0 unspecified atom stereocenters. The van der Waals surface area contributed by atoms with Gasteiger partial charge in [-0.1, -0.05) is 30.3 Å². The standard InChI is InChI=1S/C27H34FNO4/c1-18(25-10-9-23(28)14-22(25)8-11-26(31)32)33-17-24(30)16-29-27(2,3)15-19-12-20-6-4-5-7-21(20)13-19/h4-11,14,18-19,24,29-30H,12-13,15-17H2,1-3H3,(H,31,32)/t18-,24-/m1/s1. The van der Waals surface area contributed by atoms with Gasteiger partial charge in [0.15, 0.2) is 0 Å². The number of fused-ring (bicyclic) bond motifs is 1. The Balaban J connectivity index is 1.47. The maximum atomic E-state index is 13.6. The molecule has 5 nitrogen and oxygen atoms in total. The third-order valence-electron chi connectivity index (χ3n) is 6.18. The van der Waals surface area contributed by atoms with Crippen LogP contribution in [-0.2, 0) is 22.4 Å². The first kappa shape index (κ1) is 25.1. The molecule has 2 aromatic carbocycles. The van der Waals surface area contributed by atoms with Crippen molar-refractivity contribution in [1.29, 1.82) is 0 Å². The van der Waals surface area contributed by atoms with Crippen LogP contribution >= 0.6 is 0 Å². The fraction of sp³-hybridized carbons (Fsp3) is 0.444. The zero-order chi connectivity index (χ0) is 24.0. The number of aliphatic carboxylic acids is 1. The van der Waals surface area contributed by atoms with E-state index in [0.29, 0.717) is 23.6 Å². The predicted molar refractivity (Wildman–Crippen MR) is 127 cm³/mol. The molecule has 2 atom stereocenters. The zero-order valence-corrected chi connectivity index (χ0v) is 19.6. The molecule has 0 fully saturated rings. The molecule has 1 aliphatic rings. The van der Waals surface area contributed by atoms with Crippen molar-refractivity contribution in [3.8, 4) is 0 Å². The summed E-state index contributed by atoms with van der Waals surface area (Å²) in [6.45, 7) is 6.62. The highest BCUT2D eigenvalue weighted by Gasteiger charge is 2.28. The van der Waals surface area contributed by atoms with E-state index in [2.05, 4.69) is 43.4 Å². The van der Waals surface area contributed by atoms with Crippen LogP contribution in [-0.4, -0.2) is 41.0 Å². The Morgan fingerprint density at radius 2 is 1.91 bits per heavy atom. The van der Waals surface area contributed by atoms with E-state index in [1.54, 1.807) is 13.0 Å². The number of rotatable bonds is 11. The largest absolute Gasteiger partial charge is 0.478 e. The molecule has 33 heavy (non-hydrogen) atoms. The lowest BCUT2D eigenvalue weighted by Gasteiger charge is -2.31. The number of ether oxygens (including phenoxy) is 1. The van der Waals surface area contributed by atoms with Crippen molar-refractivity contribution in [2.45, 2.75) is 57.8 Å². The molecule has 3 N–H and O–H groups in total. The molecule has 0 amide bonds. The molecule has 0 saturated heterocycles. The first-order valence-electron chi connectivity index (χ1n) is 11.4. The topological polar surface area (TPSA) is 78.8 Å². The number of β-amino-alcohol motifs (C(OH)–C–C–N with tert-alkyl or cyclic N) is 1. The van der Waals surface area contributed by atoms with Crippen molar-refractivity contribution in [1.82, 2.24) is 5.32 Å². The lowest BCUT2D eigenvalue weighted by Crippen LogP contribution is -2.45. The third-order valence-corrected chi connectivity index (χ3v) is 6.18. The molecule has 0 saturated carbocycles. The molecule has 0 spiro atoms. The lowest BCUT2D eigenvalue weighted by atomic mass is 9.88. The van der Waals surface area contributed by atoms with Crippen LogP contribution in [0.25, 0.3) is 6.08 Å². The van der Waals surface area contributed by atoms with Gasteiger partial charge < -0.3 is 20.3 Å². The van der Waals surface area contributed by atoms with Crippen molar-refractivity contribution in [3.05, 3.63) is 76.6 Å². The van der Waals surface area contributed by atoms with E-state index in [-0.39, 0.29) is 12.1 Å². The maximum absolute atomic E-state index is 13.6. The van der Waals surface area contributed by atoms with Crippen LogP contribution in [0.4, 0.5) is 4.39 Å². The highest BCUT2D eigenvalue weighted by atomic mass is 19.1. The zero-order valence-electron chi connectivity index (χ0n) is 19.6. The lowest BCUT2D eigenvalue weighted by molar-refractivity contribution is -0.131. The summed E-state index contributed by atoms with van der Waals surface area (Å²) in [6, 6.07) is 12.8. The highest BCUT2D eigenvalue weighted by Crippen LogP contribution is 2.32. The van der Waals surface area contributed by atoms with Gasteiger partial charge in [-0.2, -0.15) is 0 Å². The smallest absolute Gasteiger partial charge is 0.328 e. The van der Waals surface area contributed by atoms with Crippen LogP contribution in [0.15, 0.2) is 48.5 Å². The fourth-order valence-corrected chi connectivity index (χ4v) is 4.61. The average Bonchev–Trinajstić information content (AvgIpc) is 3.16. The van der Waals surface area contributed by atoms with Gasteiger partial charge in [-0.3, -0.25) is 0 Å². The van der Waals surface area contributed by atoms with Crippen LogP contribution in [0.5, 0.6) is 0 Å². The predicted octanol–water partition coefficient (Wildman–Crippen LogP) is 4.54. The van der Waals surface area contributed by atoms with E-state index in [1.807, 2.05) is 0 Å². The van der Waals surface area contributed by atoms with Gasteiger partial charge in [0.1, 0.15) is 5.82 Å². The second-order valence-electron chi connectivity index (χ2n) is 9.59. The third kappa shape index (κ3) is 7.49. The molecule has 2 aromatic rings. The van der Waals surface area contributed by atoms with Gasteiger partial charge in [0.25, 0.3) is 0 Å². The summed E-state index contributed by atoms with van der Waals surface area (Å²) in [4.78, 5) is 10.8. The highest BCUT2D eigenvalue weighted by molar-refractivity contribution is 5.85. The second-order valence-corrected chi connectivity index (χ2v) is 9.59. The van der Waals surface area contributed by atoms with Crippen molar-refractivity contribution >= 4 is 12.0 Å². The summed E-state index contributed by atoms with van der Waals surface area (Å²) in [5.74, 6) is -0.966. The van der Waals surface area contributed by atoms with Crippen LogP contribution in [0, 0.1) is 11.7 Å². The Hall–Kier alpha value is -2.54. The minimum atomic E-state index is -1.11. The normalized spacial score (nSPS) is 16.2. The number of carboxylic acid groups (broad SMARTS) is 1. The molecule has 0 radical (unpaired) electrons. The van der Waals surface area contributed by atoms with Crippen molar-refractivity contribution in [3.63, 3.8) is 0 Å². The Morgan fingerprint density at radius 3 is 2.55 bits per heavy atom. The number of benzene rings is 2. The quantitative estimate of drug-likeness (QED) is 0.434. The van der Waals surface area contributed by atoms with Gasteiger partial charge in [0, 0.05) is 18.2 Å². The maximum Gasteiger partial charge on any atom is 0.328 e. The number of hydrogen-bond donors (Lipinski definition) is 3. The molecule has 0 heterocycles. The van der Waals surface area contributed by atoms with Crippen LogP contribution < -0.4 is 5.32 Å². The van der Waals surface area contributed by atoms with Gasteiger partial charge in [0.2, 0.25) is 0 Å². The average molecular weight is 456 g/mol.